The lowest BCUT2D eigenvalue weighted by molar-refractivity contribution is -0.173. The average Bonchev–Trinajstić information content (AvgIpc) is 3.37. The number of phenols is 1. The fourth-order valence-electron chi connectivity index (χ4n) is 7.81. The second-order valence-electron chi connectivity index (χ2n) is 12.2. The van der Waals surface area contributed by atoms with E-state index in [1.165, 1.54) is 18.2 Å². The van der Waals surface area contributed by atoms with E-state index in [2.05, 4.69) is 0 Å². The van der Waals surface area contributed by atoms with Gasteiger partial charge in [0.25, 0.3) is 11.8 Å². The highest BCUT2D eigenvalue weighted by Gasteiger charge is 2.68. The number of fused-ring (bicyclic) bond motifs is 4. The summed E-state index contributed by atoms with van der Waals surface area (Å²) in [6.07, 6.45) is 2.01. The highest BCUT2D eigenvalue weighted by molar-refractivity contribution is 6.31. The summed E-state index contributed by atoms with van der Waals surface area (Å²) in [7, 11) is 0. The van der Waals surface area contributed by atoms with E-state index in [0.29, 0.717) is 16.9 Å². The first kappa shape index (κ1) is 29.2. The number of amides is 4. The van der Waals surface area contributed by atoms with Crippen LogP contribution in [0.1, 0.15) is 36.8 Å². The van der Waals surface area contributed by atoms with Gasteiger partial charge >= 0.3 is 0 Å². The summed E-state index contributed by atoms with van der Waals surface area (Å²) in [5, 5.41) is 21.6. The van der Waals surface area contributed by atoms with E-state index in [1.807, 2.05) is 30.3 Å². The number of allylic oxidation sites excluding steroid dienone is 2. The summed E-state index contributed by atoms with van der Waals surface area (Å²) in [5.74, 6) is -7.31. The van der Waals surface area contributed by atoms with E-state index in [0.717, 1.165) is 16.5 Å². The van der Waals surface area contributed by atoms with Gasteiger partial charge in [0.2, 0.25) is 11.8 Å². The molecule has 7 rings (SSSR count). The van der Waals surface area contributed by atoms with Gasteiger partial charge in [-0.25, -0.2) is 9.29 Å². The molecule has 9 nitrogen and oxygen atoms in total. The van der Waals surface area contributed by atoms with Crippen molar-refractivity contribution in [3.8, 4) is 11.5 Å². The van der Waals surface area contributed by atoms with Gasteiger partial charge in [-0.05, 0) is 55.5 Å². The van der Waals surface area contributed by atoms with Gasteiger partial charge in [0.1, 0.15) is 23.9 Å². The van der Waals surface area contributed by atoms with Gasteiger partial charge in [0, 0.05) is 17.5 Å². The molecule has 3 fully saturated rings. The Bertz CT molecular complexity index is 1810. The summed E-state index contributed by atoms with van der Waals surface area (Å²) >= 11 is 6.03. The Kier molecular flexibility index (Phi) is 6.83. The third kappa shape index (κ3) is 4.30. The first-order valence-corrected chi connectivity index (χ1v) is 15.0. The van der Waals surface area contributed by atoms with Crippen LogP contribution in [0.5, 0.6) is 11.5 Å². The lowest BCUT2D eigenvalue weighted by Crippen LogP contribution is -2.48. The summed E-state index contributed by atoms with van der Waals surface area (Å²) < 4.78 is 19.9. The first-order valence-electron chi connectivity index (χ1n) is 14.6. The molecule has 230 valence electrons. The van der Waals surface area contributed by atoms with Crippen LogP contribution in [0.4, 0.5) is 10.1 Å². The zero-order chi connectivity index (χ0) is 31.8. The molecule has 2 heterocycles. The van der Waals surface area contributed by atoms with Crippen molar-refractivity contribution < 1.29 is 38.6 Å². The number of ether oxygens (including phenoxy) is 1. The van der Waals surface area contributed by atoms with Crippen LogP contribution in [0.15, 0.2) is 78.4 Å². The number of nitrogens with zero attached hydrogens (tertiary/aromatic N) is 2. The molecule has 0 spiro atoms. The topological polar surface area (TPSA) is 124 Å². The number of imide groups is 2. The fourth-order valence-corrected chi connectivity index (χ4v) is 7.99. The Labute approximate surface area is 262 Å². The maximum Gasteiger partial charge on any atom is 0.257 e. The van der Waals surface area contributed by atoms with Gasteiger partial charge in [0.05, 0.1) is 33.9 Å². The predicted octanol–water partition coefficient (Wildman–Crippen LogP) is 5.38. The minimum Gasteiger partial charge on any atom is -0.508 e. The Balaban J connectivity index is 1.33. The molecule has 11 heteroatoms. The number of carbonyl (C=O) groups excluding carboxylic acids is 4. The molecule has 2 saturated heterocycles. The maximum absolute atomic E-state index is 14.4. The molecule has 1 saturated carbocycles. The zero-order valence-electron chi connectivity index (χ0n) is 24.0. The molecule has 4 aliphatic rings. The van der Waals surface area contributed by atoms with Crippen molar-refractivity contribution in [1.29, 1.82) is 0 Å². The van der Waals surface area contributed by atoms with Crippen molar-refractivity contribution in [3.63, 3.8) is 0 Å². The molecular formula is C34H28ClFN2O7. The van der Waals surface area contributed by atoms with Crippen molar-refractivity contribution in [2.45, 2.75) is 32.3 Å². The van der Waals surface area contributed by atoms with Crippen LogP contribution in [0, 0.1) is 34.9 Å². The largest absolute Gasteiger partial charge is 0.508 e. The van der Waals surface area contributed by atoms with Gasteiger partial charge in [-0.3, -0.25) is 24.4 Å². The molecule has 4 amide bonds. The van der Waals surface area contributed by atoms with Crippen LogP contribution >= 0.6 is 11.6 Å². The number of halogens is 2. The third-order valence-electron chi connectivity index (χ3n) is 9.97. The fraction of sp³-hybridized carbons (Fsp3) is 0.294. The molecule has 0 radical (unpaired) electrons. The summed E-state index contributed by atoms with van der Waals surface area (Å²) in [6, 6.07) is 17.8. The first-order chi connectivity index (χ1) is 21.5. The summed E-state index contributed by atoms with van der Waals surface area (Å²) in [4.78, 5) is 55.4. The maximum atomic E-state index is 14.4. The lowest BCUT2D eigenvalue weighted by atomic mass is 9.51. The minimum absolute atomic E-state index is 0.0574. The SMILES string of the molecule is C[C@@]12C(=O)N(c3ccc(F)c(Cl)c3)C(=O)[C@@H]1C[C@@H]1C(=CC[C@@H]3C(=O)N(O)C(=O)[C@@H]31)[C@@H]2c1ccc(OCc2ccccc2)cc1O. The predicted molar refractivity (Wildman–Crippen MR) is 159 cm³/mol. The molecule has 0 aromatic heterocycles. The average molecular weight is 631 g/mol. The van der Waals surface area contributed by atoms with Crippen LogP contribution in [-0.2, 0) is 25.8 Å². The monoisotopic (exact) mass is 630 g/mol. The second kappa shape index (κ2) is 10.5. The van der Waals surface area contributed by atoms with Crippen molar-refractivity contribution in [1.82, 2.24) is 5.06 Å². The van der Waals surface area contributed by atoms with E-state index in [9.17, 15) is 33.9 Å². The van der Waals surface area contributed by atoms with Crippen molar-refractivity contribution >= 4 is 40.9 Å². The van der Waals surface area contributed by atoms with Gasteiger partial charge < -0.3 is 9.84 Å². The van der Waals surface area contributed by atoms with Crippen LogP contribution in [-0.4, -0.2) is 39.0 Å². The minimum atomic E-state index is -1.43. The number of aromatic hydroxyl groups is 1. The third-order valence-corrected chi connectivity index (χ3v) is 10.3. The van der Waals surface area contributed by atoms with E-state index in [-0.39, 0.29) is 41.0 Å². The number of anilines is 1. The Morgan fingerprint density at radius 2 is 1.73 bits per heavy atom. The molecule has 0 unspecified atom stereocenters. The number of hydroxylamine groups is 2. The van der Waals surface area contributed by atoms with Gasteiger partial charge in [0.15, 0.2) is 0 Å². The molecular weight excluding hydrogens is 603 g/mol. The van der Waals surface area contributed by atoms with Crippen molar-refractivity contribution in [3.05, 3.63) is 100 Å². The molecule has 2 N–H and O–H groups in total. The summed E-state index contributed by atoms with van der Waals surface area (Å²) in [6.45, 7) is 1.92. The molecule has 3 aromatic carbocycles. The molecule has 0 bridgehead atoms. The number of phenolic OH excluding ortho intramolecular Hbond substituents is 1. The van der Waals surface area contributed by atoms with E-state index in [1.54, 1.807) is 25.1 Å². The molecule has 2 aliphatic carbocycles. The number of hydrogen-bond donors (Lipinski definition) is 2. The molecule has 2 aliphatic heterocycles. The molecule has 45 heavy (non-hydrogen) atoms. The molecule has 6 atom stereocenters. The van der Waals surface area contributed by atoms with Gasteiger partial charge in [-0.1, -0.05) is 59.6 Å². The van der Waals surface area contributed by atoms with Gasteiger partial charge in [-0.15, -0.1) is 0 Å². The van der Waals surface area contributed by atoms with E-state index in [4.69, 9.17) is 16.3 Å². The van der Waals surface area contributed by atoms with Crippen molar-refractivity contribution in [2.24, 2.45) is 29.1 Å². The number of benzene rings is 3. The Hall–Kier alpha value is -4.54. The Morgan fingerprint density at radius 3 is 2.44 bits per heavy atom. The number of rotatable bonds is 5. The van der Waals surface area contributed by atoms with Crippen molar-refractivity contribution in [2.75, 3.05) is 4.90 Å². The van der Waals surface area contributed by atoms with Crippen LogP contribution in [0.25, 0.3) is 0 Å². The molecule has 3 aromatic rings. The highest BCUT2D eigenvalue weighted by atomic mass is 35.5. The number of hydrogen-bond acceptors (Lipinski definition) is 7. The standard InChI is InChI=1S/C34H28ClFN2O7/c1-34-24(31(41)37(33(34)43)18-7-12-26(36)25(35)13-18)15-23-20(10-11-22-28(23)32(42)38(44)30(22)40)29(34)21-9-8-19(14-27(21)39)45-16-17-5-3-2-4-6-17/h2-10,12-14,22-24,28-29,39,44H,11,15-16H2,1H3/t22-,23+,24-,28-,29+,34+/m0/s1. The normalized spacial score (nSPS) is 29.0. The van der Waals surface area contributed by atoms with E-state index < -0.39 is 64.5 Å². The highest BCUT2D eigenvalue weighted by Crippen LogP contribution is 2.64. The van der Waals surface area contributed by atoms with Crippen LogP contribution < -0.4 is 9.64 Å². The summed E-state index contributed by atoms with van der Waals surface area (Å²) in [5.41, 5.74) is 0.588. The van der Waals surface area contributed by atoms with Gasteiger partial charge in [-0.2, -0.15) is 5.06 Å². The van der Waals surface area contributed by atoms with Crippen LogP contribution in [0.3, 0.4) is 0 Å². The quantitative estimate of drug-likeness (QED) is 0.220. The second-order valence-corrected chi connectivity index (χ2v) is 12.7. The smallest absolute Gasteiger partial charge is 0.257 e. The Morgan fingerprint density at radius 1 is 0.978 bits per heavy atom. The van der Waals surface area contributed by atoms with E-state index >= 15 is 0 Å². The lowest BCUT2D eigenvalue weighted by Gasteiger charge is -2.49. The zero-order valence-corrected chi connectivity index (χ0v) is 24.8. The number of carbonyl (C=O) groups is 4. The van der Waals surface area contributed by atoms with Crippen LogP contribution in [0.2, 0.25) is 5.02 Å².